The maximum absolute atomic E-state index is 6.10. The van der Waals surface area contributed by atoms with E-state index in [2.05, 4.69) is 20.3 Å². The lowest BCUT2D eigenvalue weighted by molar-refractivity contribution is 0.379. The van der Waals surface area contributed by atoms with Gasteiger partial charge in [0.05, 0.1) is 12.1 Å². The van der Waals surface area contributed by atoms with Crippen molar-refractivity contribution in [3.8, 4) is 17.4 Å². The maximum Gasteiger partial charge on any atom is 0.321 e. The van der Waals surface area contributed by atoms with Crippen LogP contribution in [-0.4, -0.2) is 29.1 Å². The van der Waals surface area contributed by atoms with Gasteiger partial charge in [-0.2, -0.15) is 15.0 Å². The van der Waals surface area contributed by atoms with Gasteiger partial charge >= 0.3 is 6.01 Å². The van der Waals surface area contributed by atoms with Gasteiger partial charge in [0.25, 0.3) is 0 Å². The molecule has 0 radical (unpaired) electrons. The smallest absolute Gasteiger partial charge is 0.321 e. The largest absolute Gasteiger partial charge is 0.467 e. The number of ether oxygens (including phenoxy) is 1. The minimum atomic E-state index is 0.209. The summed E-state index contributed by atoms with van der Waals surface area (Å²) in [5.41, 5.74) is 0.626. The molecule has 5 nitrogen and oxygen atoms in total. The maximum atomic E-state index is 6.10. The summed E-state index contributed by atoms with van der Waals surface area (Å²) in [4.78, 5) is 12.4. The van der Waals surface area contributed by atoms with E-state index in [9.17, 15) is 0 Å². The van der Waals surface area contributed by atoms with Crippen LogP contribution >= 0.6 is 23.2 Å². The molecular weight excluding hydrogens is 275 g/mol. The predicted octanol–water partition coefficient (Wildman–Crippen LogP) is 2.90. The second-order valence-electron chi connectivity index (χ2n) is 3.34. The summed E-state index contributed by atoms with van der Waals surface area (Å²) in [6.45, 7) is 0. The van der Waals surface area contributed by atoms with Crippen molar-refractivity contribution in [3.63, 3.8) is 0 Å². The minimum absolute atomic E-state index is 0.209. The van der Waals surface area contributed by atoms with Gasteiger partial charge in [-0.05, 0) is 18.2 Å². The van der Waals surface area contributed by atoms with Crippen LogP contribution in [0.15, 0.2) is 18.2 Å². The van der Waals surface area contributed by atoms with Gasteiger partial charge in [0.2, 0.25) is 5.95 Å². The highest BCUT2D eigenvalue weighted by molar-refractivity contribution is 6.35. The lowest BCUT2D eigenvalue weighted by Crippen LogP contribution is -2.03. The molecule has 0 atom stereocenters. The molecule has 2 aromatic rings. The van der Waals surface area contributed by atoms with E-state index in [1.807, 2.05) is 0 Å². The molecule has 0 aliphatic heterocycles. The van der Waals surface area contributed by atoms with Crippen molar-refractivity contribution >= 4 is 29.2 Å². The molecule has 18 heavy (non-hydrogen) atoms. The van der Waals surface area contributed by atoms with Crippen LogP contribution in [0.3, 0.4) is 0 Å². The second-order valence-corrected chi connectivity index (χ2v) is 4.19. The van der Waals surface area contributed by atoms with Crippen LogP contribution in [0.25, 0.3) is 11.4 Å². The fraction of sp³-hybridized carbons (Fsp3) is 0.182. The fourth-order valence-electron chi connectivity index (χ4n) is 1.35. The molecule has 1 aromatic heterocycles. The average Bonchev–Trinajstić information content (AvgIpc) is 2.40. The summed E-state index contributed by atoms with van der Waals surface area (Å²) < 4.78 is 5.01. The lowest BCUT2D eigenvalue weighted by Gasteiger charge is -2.07. The van der Waals surface area contributed by atoms with Crippen molar-refractivity contribution in [2.75, 3.05) is 19.5 Å². The number of benzene rings is 1. The van der Waals surface area contributed by atoms with Crippen LogP contribution < -0.4 is 10.1 Å². The van der Waals surface area contributed by atoms with E-state index in [4.69, 9.17) is 27.9 Å². The van der Waals surface area contributed by atoms with Gasteiger partial charge in [-0.25, -0.2) is 0 Å². The first-order chi connectivity index (χ1) is 8.63. The zero-order valence-corrected chi connectivity index (χ0v) is 11.2. The third-order valence-corrected chi connectivity index (χ3v) is 2.76. The zero-order valence-electron chi connectivity index (χ0n) is 9.74. The number of halogens is 2. The Hall–Kier alpha value is -1.59. The summed E-state index contributed by atoms with van der Waals surface area (Å²) in [5, 5.41) is 3.89. The van der Waals surface area contributed by atoms with Crippen LogP contribution in [0.1, 0.15) is 0 Å². The third-order valence-electron chi connectivity index (χ3n) is 2.19. The van der Waals surface area contributed by atoms with Gasteiger partial charge in [-0.15, -0.1) is 0 Å². The first kappa shape index (κ1) is 12.9. The standard InChI is InChI=1S/C11H10Cl2N4O/c1-14-10-15-9(16-11(17-10)18-2)7-5-6(12)3-4-8(7)13/h3-5H,1-2H3,(H,14,15,16,17). The van der Waals surface area contributed by atoms with Crippen molar-refractivity contribution in [2.45, 2.75) is 0 Å². The van der Waals surface area contributed by atoms with Gasteiger partial charge in [0, 0.05) is 17.6 Å². The number of anilines is 1. The van der Waals surface area contributed by atoms with Gasteiger partial charge in [-0.1, -0.05) is 23.2 Å². The van der Waals surface area contributed by atoms with Gasteiger partial charge in [0.1, 0.15) is 0 Å². The van der Waals surface area contributed by atoms with Crippen molar-refractivity contribution < 1.29 is 4.74 Å². The lowest BCUT2D eigenvalue weighted by atomic mass is 10.2. The molecule has 94 valence electrons. The molecule has 0 saturated heterocycles. The van der Waals surface area contributed by atoms with E-state index in [1.165, 1.54) is 7.11 Å². The molecule has 1 heterocycles. The van der Waals surface area contributed by atoms with E-state index in [1.54, 1.807) is 25.2 Å². The Morgan fingerprint density at radius 1 is 1.17 bits per heavy atom. The Morgan fingerprint density at radius 3 is 2.61 bits per heavy atom. The van der Waals surface area contributed by atoms with Crippen molar-refractivity contribution in [2.24, 2.45) is 0 Å². The molecule has 0 bridgehead atoms. The number of nitrogens with zero attached hydrogens (tertiary/aromatic N) is 3. The molecule has 0 amide bonds. The summed E-state index contributed by atoms with van der Waals surface area (Å²) in [6.07, 6.45) is 0. The Balaban J connectivity index is 2.58. The molecule has 1 N–H and O–H groups in total. The molecule has 0 unspecified atom stereocenters. The van der Waals surface area contributed by atoms with E-state index >= 15 is 0 Å². The van der Waals surface area contributed by atoms with Crippen molar-refractivity contribution in [1.82, 2.24) is 15.0 Å². The number of nitrogens with one attached hydrogen (secondary N) is 1. The first-order valence-corrected chi connectivity index (χ1v) is 5.83. The molecule has 0 aliphatic carbocycles. The number of hydrogen-bond acceptors (Lipinski definition) is 5. The SMILES string of the molecule is CNc1nc(OC)nc(-c2cc(Cl)ccc2Cl)n1. The topological polar surface area (TPSA) is 59.9 Å². The quantitative estimate of drug-likeness (QED) is 0.939. The summed E-state index contributed by atoms with van der Waals surface area (Å²) in [6, 6.07) is 5.29. The first-order valence-electron chi connectivity index (χ1n) is 5.07. The van der Waals surface area contributed by atoms with E-state index in [0.29, 0.717) is 27.4 Å². The van der Waals surface area contributed by atoms with Crippen LogP contribution in [0.2, 0.25) is 10.0 Å². The van der Waals surface area contributed by atoms with Crippen LogP contribution in [0.5, 0.6) is 6.01 Å². The molecule has 2 rings (SSSR count). The predicted molar refractivity (Wildman–Crippen MR) is 71.4 cm³/mol. The molecular formula is C11H10Cl2N4O. The van der Waals surface area contributed by atoms with Crippen molar-refractivity contribution in [1.29, 1.82) is 0 Å². The highest BCUT2D eigenvalue weighted by atomic mass is 35.5. The number of methoxy groups -OCH3 is 1. The highest BCUT2D eigenvalue weighted by Crippen LogP contribution is 2.29. The van der Waals surface area contributed by atoms with Crippen LogP contribution in [0.4, 0.5) is 5.95 Å². The molecule has 0 fully saturated rings. The summed E-state index contributed by atoms with van der Waals surface area (Å²) in [7, 11) is 3.19. The summed E-state index contributed by atoms with van der Waals surface area (Å²) in [5.74, 6) is 0.798. The van der Waals surface area contributed by atoms with E-state index in [0.717, 1.165) is 0 Å². The second kappa shape index (κ2) is 5.37. The normalized spacial score (nSPS) is 10.2. The molecule has 0 aliphatic rings. The minimum Gasteiger partial charge on any atom is -0.467 e. The van der Waals surface area contributed by atoms with Crippen LogP contribution in [0, 0.1) is 0 Å². The van der Waals surface area contributed by atoms with Gasteiger partial charge < -0.3 is 10.1 Å². The highest BCUT2D eigenvalue weighted by Gasteiger charge is 2.11. The van der Waals surface area contributed by atoms with E-state index in [-0.39, 0.29) is 6.01 Å². The molecule has 7 heteroatoms. The van der Waals surface area contributed by atoms with Gasteiger partial charge in [0.15, 0.2) is 5.82 Å². The third kappa shape index (κ3) is 2.63. The van der Waals surface area contributed by atoms with Gasteiger partial charge in [-0.3, -0.25) is 0 Å². The van der Waals surface area contributed by atoms with Crippen molar-refractivity contribution in [3.05, 3.63) is 28.2 Å². The fourth-order valence-corrected chi connectivity index (χ4v) is 1.72. The summed E-state index contributed by atoms with van der Waals surface area (Å²) >= 11 is 12.0. The molecule has 0 saturated carbocycles. The zero-order chi connectivity index (χ0) is 13.1. The average molecular weight is 285 g/mol. The number of hydrogen-bond donors (Lipinski definition) is 1. The molecule has 1 aromatic carbocycles. The Bertz CT molecular complexity index is 555. The number of rotatable bonds is 3. The molecule has 0 spiro atoms. The Morgan fingerprint density at radius 2 is 1.94 bits per heavy atom. The van der Waals surface area contributed by atoms with E-state index < -0.39 is 0 Å². The Labute approximate surface area is 114 Å². The Kier molecular flexibility index (Phi) is 3.84. The number of aromatic nitrogens is 3. The monoisotopic (exact) mass is 284 g/mol. The van der Waals surface area contributed by atoms with Crippen LogP contribution in [-0.2, 0) is 0 Å².